The minimum absolute atomic E-state index is 0.0347. The standard InChI is InChI=1S/C10H17NO2/c11-6-10(5-9(12)13)4-7-2-1-3-8(7)10/h7-8H,1-6,11H2,(H,12,13)/t7-,8+,10-/m1/s1. The SMILES string of the molecule is NC[C@]1(CC(=O)O)C[C@H]2CCC[C@@H]21. The Morgan fingerprint density at radius 3 is 2.85 bits per heavy atom. The minimum Gasteiger partial charge on any atom is -0.481 e. The van der Waals surface area contributed by atoms with E-state index in [-0.39, 0.29) is 11.8 Å². The second-order valence-corrected chi connectivity index (χ2v) is 4.64. The van der Waals surface area contributed by atoms with Gasteiger partial charge in [-0.15, -0.1) is 0 Å². The molecule has 0 heterocycles. The van der Waals surface area contributed by atoms with Gasteiger partial charge in [0.2, 0.25) is 0 Å². The van der Waals surface area contributed by atoms with Gasteiger partial charge in [0.15, 0.2) is 0 Å². The zero-order chi connectivity index (χ0) is 9.47. The lowest BCUT2D eigenvalue weighted by Crippen LogP contribution is -2.51. The monoisotopic (exact) mass is 183 g/mol. The molecule has 2 aliphatic rings. The summed E-state index contributed by atoms with van der Waals surface area (Å²) in [5.74, 6) is 0.729. The average Bonchev–Trinajstić information content (AvgIpc) is 2.43. The van der Waals surface area contributed by atoms with E-state index >= 15 is 0 Å². The predicted molar refractivity (Wildman–Crippen MR) is 49.2 cm³/mol. The van der Waals surface area contributed by atoms with E-state index in [4.69, 9.17) is 10.8 Å². The molecule has 3 N–H and O–H groups in total. The van der Waals surface area contributed by atoms with Gasteiger partial charge >= 0.3 is 5.97 Å². The zero-order valence-corrected chi connectivity index (χ0v) is 7.83. The van der Waals surface area contributed by atoms with Gasteiger partial charge in [-0.1, -0.05) is 12.8 Å². The first-order valence-electron chi connectivity index (χ1n) is 5.10. The van der Waals surface area contributed by atoms with Crippen LogP contribution in [0.5, 0.6) is 0 Å². The highest BCUT2D eigenvalue weighted by Crippen LogP contribution is 2.60. The Bertz CT molecular complexity index is 229. The van der Waals surface area contributed by atoms with E-state index in [0.29, 0.717) is 12.5 Å². The molecular weight excluding hydrogens is 166 g/mol. The van der Waals surface area contributed by atoms with Gasteiger partial charge in [-0.3, -0.25) is 4.79 Å². The van der Waals surface area contributed by atoms with Crippen LogP contribution in [0.2, 0.25) is 0 Å². The first kappa shape index (κ1) is 9.00. The van der Waals surface area contributed by atoms with E-state index in [1.807, 2.05) is 0 Å². The molecule has 74 valence electrons. The van der Waals surface area contributed by atoms with Gasteiger partial charge in [0, 0.05) is 0 Å². The molecule has 2 rings (SSSR count). The fraction of sp³-hybridized carbons (Fsp3) is 0.900. The number of hydrogen-bond acceptors (Lipinski definition) is 2. The van der Waals surface area contributed by atoms with Crippen molar-refractivity contribution < 1.29 is 9.90 Å². The molecule has 2 fully saturated rings. The van der Waals surface area contributed by atoms with Crippen molar-refractivity contribution in [2.24, 2.45) is 23.0 Å². The Morgan fingerprint density at radius 2 is 2.31 bits per heavy atom. The highest BCUT2D eigenvalue weighted by molar-refractivity contribution is 5.68. The van der Waals surface area contributed by atoms with Crippen molar-refractivity contribution in [1.29, 1.82) is 0 Å². The van der Waals surface area contributed by atoms with Gasteiger partial charge in [0.05, 0.1) is 6.42 Å². The molecule has 0 unspecified atom stereocenters. The summed E-state index contributed by atoms with van der Waals surface area (Å²) in [6, 6.07) is 0. The Balaban J connectivity index is 2.05. The van der Waals surface area contributed by atoms with Crippen LogP contribution in [-0.4, -0.2) is 17.6 Å². The van der Waals surface area contributed by atoms with Crippen LogP contribution in [0.15, 0.2) is 0 Å². The topological polar surface area (TPSA) is 63.3 Å². The summed E-state index contributed by atoms with van der Waals surface area (Å²) in [7, 11) is 0. The number of fused-ring (bicyclic) bond motifs is 1. The zero-order valence-electron chi connectivity index (χ0n) is 7.83. The Labute approximate surface area is 78.3 Å². The maximum absolute atomic E-state index is 10.7. The number of carboxylic acids is 1. The third-order valence-corrected chi connectivity index (χ3v) is 4.02. The van der Waals surface area contributed by atoms with Crippen LogP contribution in [0.3, 0.4) is 0 Å². The number of nitrogens with two attached hydrogens (primary N) is 1. The Hall–Kier alpha value is -0.570. The highest BCUT2D eigenvalue weighted by atomic mass is 16.4. The molecule has 0 saturated heterocycles. The maximum Gasteiger partial charge on any atom is 0.303 e. The molecule has 0 aromatic carbocycles. The molecule has 0 amide bonds. The molecule has 0 aromatic heterocycles. The van der Waals surface area contributed by atoms with Gasteiger partial charge in [-0.25, -0.2) is 0 Å². The predicted octanol–water partition coefficient (Wildman–Crippen LogP) is 1.23. The van der Waals surface area contributed by atoms with Crippen LogP contribution in [-0.2, 0) is 4.79 Å². The molecule has 0 spiro atoms. The summed E-state index contributed by atoms with van der Waals surface area (Å²) >= 11 is 0. The molecule has 0 aromatic rings. The first-order valence-corrected chi connectivity index (χ1v) is 5.10. The fourth-order valence-electron chi connectivity index (χ4n) is 3.41. The number of hydrogen-bond donors (Lipinski definition) is 2. The summed E-state index contributed by atoms with van der Waals surface area (Å²) in [6.07, 6.45) is 5.11. The van der Waals surface area contributed by atoms with E-state index < -0.39 is 5.97 Å². The smallest absolute Gasteiger partial charge is 0.303 e. The lowest BCUT2D eigenvalue weighted by atomic mass is 9.53. The van der Waals surface area contributed by atoms with Crippen molar-refractivity contribution in [3.05, 3.63) is 0 Å². The number of carbonyl (C=O) groups is 1. The van der Waals surface area contributed by atoms with Gasteiger partial charge in [-0.05, 0) is 36.6 Å². The molecule has 2 saturated carbocycles. The van der Waals surface area contributed by atoms with Gasteiger partial charge < -0.3 is 10.8 Å². The molecule has 0 bridgehead atoms. The van der Waals surface area contributed by atoms with Crippen LogP contribution in [0.1, 0.15) is 32.1 Å². The molecule has 3 heteroatoms. The molecular formula is C10H17NO2. The maximum atomic E-state index is 10.7. The molecule has 0 radical (unpaired) electrons. The molecule has 3 atom stereocenters. The number of aliphatic carboxylic acids is 1. The third kappa shape index (κ3) is 1.26. The van der Waals surface area contributed by atoms with Crippen molar-refractivity contribution in [1.82, 2.24) is 0 Å². The van der Waals surface area contributed by atoms with Crippen molar-refractivity contribution in [2.45, 2.75) is 32.1 Å². The summed E-state index contributed by atoms with van der Waals surface area (Å²) in [5.41, 5.74) is 5.68. The third-order valence-electron chi connectivity index (χ3n) is 4.02. The molecule has 0 aliphatic heterocycles. The summed E-state index contributed by atoms with van der Waals surface area (Å²) in [5, 5.41) is 8.81. The first-order chi connectivity index (χ1) is 6.18. The van der Waals surface area contributed by atoms with E-state index in [9.17, 15) is 4.79 Å². The van der Waals surface area contributed by atoms with Crippen molar-refractivity contribution in [2.75, 3.05) is 6.54 Å². The van der Waals surface area contributed by atoms with E-state index in [2.05, 4.69) is 0 Å². The second kappa shape index (κ2) is 2.98. The number of carboxylic acid groups (broad SMARTS) is 1. The Morgan fingerprint density at radius 1 is 1.54 bits per heavy atom. The van der Waals surface area contributed by atoms with Gasteiger partial charge in [-0.2, -0.15) is 0 Å². The highest BCUT2D eigenvalue weighted by Gasteiger charge is 2.55. The van der Waals surface area contributed by atoms with Gasteiger partial charge in [0.1, 0.15) is 0 Å². The largest absolute Gasteiger partial charge is 0.481 e. The van der Waals surface area contributed by atoms with Crippen LogP contribution in [0.25, 0.3) is 0 Å². The van der Waals surface area contributed by atoms with Crippen LogP contribution < -0.4 is 5.73 Å². The Kier molecular flexibility index (Phi) is 2.06. The van der Waals surface area contributed by atoms with Crippen LogP contribution in [0, 0.1) is 17.3 Å². The molecule has 2 aliphatic carbocycles. The summed E-state index contributed by atoms with van der Waals surface area (Å²) in [6.45, 7) is 0.556. The normalized spacial score (nSPS) is 42.5. The molecule has 3 nitrogen and oxygen atoms in total. The lowest BCUT2D eigenvalue weighted by Gasteiger charge is -2.51. The van der Waals surface area contributed by atoms with Gasteiger partial charge in [0.25, 0.3) is 0 Å². The lowest BCUT2D eigenvalue weighted by molar-refractivity contribution is -0.145. The van der Waals surface area contributed by atoms with E-state index in [1.165, 1.54) is 19.3 Å². The minimum atomic E-state index is -0.684. The van der Waals surface area contributed by atoms with Crippen LogP contribution >= 0.6 is 0 Å². The molecule has 13 heavy (non-hydrogen) atoms. The fourth-order valence-corrected chi connectivity index (χ4v) is 3.41. The average molecular weight is 183 g/mol. The van der Waals surface area contributed by atoms with E-state index in [0.717, 1.165) is 12.3 Å². The second-order valence-electron chi connectivity index (χ2n) is 4.64. The quantitative estimate of drug-likeness (QED) is 0.691. The van der Waals surface area contributed by atoms with Crippen molar-refractivity contribution in [3.63, 3.8) is 0 Å². The number of rotatable bonds is 3. The van der Waals surface area contributed by atoms with E-state index in [1.54, 1.807) is 0 Å². The van der Waals surface area contributed by atoms with Crippen LogP contribution in [0.4, 0.5) is 0 Å². The summed E-state index contributed by atoms with van der Waals surface area (Å²) < 4.78 is 0. The van der Waals surface area contributed by atoms with Crippen molar-refractivity contribution >= 4 is 5.97 Å². The summed E-state index contributed by atoms with van der Waals surface area (Å²) in [4.78, 5) is 10.7. The van der Waals surface area contributed by atoms with Crippen molar-refractivity contribution in [3.8, 4) is 0 Å².